The number of para-hydroxylation sites is 2. The van der Waals surface area contributed by atoms with Crippen molar-refractivity contribution in [1.29, 1.82) is 0 Å². The van der Waals surface area contributed by atoms with Crippen LogP contribution in [0, 0.1) is 0 Å². The number of hydrogen-bond acceptors (Lipinski definition) is 3. The first-order valence-corrected chi connectivity index (χ1v) is 7.79. The van der Waals surface area contributed by atoms with Gasteiger partial charge < -0.3 is 9.55 Å². The molecule has 4 rings (SSSR count). The van der Waals surface area contributed by atoms with Gasteiger partial charge in [-0.1, -0.05) is 36.4 Å². The highest BCUT2D eigenvalue weighted by Gasteiger charge is 2.07. The molecule has 2 heterocycles. The van der Waals surface area contributed by atoms with Crippen LogP contribution in [0.1, 0.15) is 17.0 Å². The number of H-pyrrole nitrogens is 1. The van der Waals surface area contributed by atoms with Crippen molar-refractivity contribution < 1.29 is 0 Å². The van der Waals surface area contributed by atoms with E-state index in [1.54, 1.807) is 10.9 Å². The molecule has 0 radical (unpaired) electrons. The molecule has 0 atom stereocenters. The predicted molar refractivity (Wildman–Crippen MR) is 91.9 cm³/mol. The molecule has 6 nitrogen and oxygen atoms in total. The Balaban J connectivity index is 1.58. The van der Waals surface area contributed by atoms with Gasteiger partial charge in [0.25, 0.3) is 0 Å². The van der Waals surface area contributed by atoms with Gasteiger partial charge in [-0.15, -0.1) is 10.2 Å². The number of aromatic nitrogens is 5. The minimum Gasteiger partial charge on any atom is -0.320 e. The van der Waals surface area contributed by atoms with E-state index in [2.05, 4.69) is 39.4 Å². The van der Waals surface area contributed by atoms with E-state index in [-0.39, 0.29) is 5.69 Å². The number of fused-ring (bicyclic) bond motifs is 1. The maximum Gasteiger partial charge on any atom is 0.326 e. The number of imidazole rings is 1. The lowest BCUT2D eigenvalue weighted by molar-refractivity contribution is 0.785. The number of nitrogens with one attached hydrogen (secondary N) is 1. The monoisotopic (exact) mass is 319 g/mol. The fourth-order valence-corrected chi connectivity index (χ4v) is 2.86. The summed E-state index contributed by atoms with van der Waals surface area (Å²) in [4.78, 5) is 15.0. The van der Waals surface area contributed by atoms with Crippen molar-refractivity contribution in [3.8, 4) is 0 Å². The minimum absolute atomic E-state index is 0.0839. The molecule has 2 aromatic heterocycles. The molecular weight excluding hydrogens is 302 g/mol. The number of rotatable bonds is 4. The van der Waals surface area contributed by atoms with Gasteiger partial charge in [0.15, 0.2) is 0 Å². The van der Waals surface area contributed by atoms with E-state index in [1.165, 1.54) is 5.56 Å². The molecular formula is C18H17N5O. The summed E-state index contributed by atoms with van der Waals surface area (Å²) in [5.41, 5.74) is 3.95. The highest BCUT2D eigenvalue weighted by Crippen LogP contribution is 2.13. The maximum atomic E-state index is 12.1. The van der Waals surface area contributed by atoms with Crippen LogP contribution in [-0.2, 0) is 20.0 Å². The number of nitrogens with zero attached hydrogens (tertiary/aromatic N) is 4. The lowest BCUT2D eigenvalue weighted by atomic mass is 10.1. The van der Waals surface area contributed by atoms with Crippen LogP contribution in [-0.4, -0.2) is 24.3 Å². The van der Waals surface area contributed by atoms with Gasteiger partial charge in [0, 0.05) is 13.5 Å². The quantitative estimate of drug-likeness (QED) is 0.626. The fourth-order valence-electron chi connectivity index (χ4n) is 2.86. The topological polar surface area (TPSA) is 68.5 Å². The molecule has 0 aliphatic rings. The number of hydrogen-bond donors (Lipinski definition) is 1. The minimum atomic E-state index is -0.0839. The second kappa shape index (κ2) is 5.81. The van der Waals surface area contributed by atoms with Crippen molar-refractivity contribution in [2.75, 3.05) is 0 Å². The molecule has 0 fully saturated rings. The summed E-state index contributed by atoms with van der Waals surface area (Å²) in [7, 11) is 1.94. The Kier molecular flexibility index (Phi) is 3.49. The van der Waals surface area contributed by atoms with Crippen LogP contribution in [0.4, 0.5) is 0 Å². The van der Waals surface area contributed by atoms with Crippen molar-refractivity contribution in [3.05, 3.63) is 82.3 Å². The molecule has 0 saturated carbocycles. The average Bonchev–Trinajstić information content (AvgIpc) is 3.13. The van der Waals surface area contributed by atoms with Crippen LogP contribution in [0.2, 0.25) is 0 Å². The Morgan fingerprint density at radius 3 is 2.54 bits per heavy atom. The van der Waals surface area contributed by atoms with E-state index >= 15 is 0 Å². The molecule has 0 aliphatic carbocycles. The van der Waals surface area contributed by atoms with Gasteiger partial charge in [0.1, 0.15) is 12.2 Å². The largest absolute Gasteiger partial charge is 0.326 e. The summed E-state index contributed by atoms with van der Waals surface area (Å²) in [6, 6.07) is 16.0. The van der Waals surface area contributed by atoms with Crippen LogP contribution < -0.4 is 5.69 Å². The van der Waals surface area contributed by atoms with Crippen LogP contribution in [0.3, 0.4) is 0 Å². The molecule has 0 saturated heterocycles. The van der Waals surface area contributed by atoms with E-state index in [9.17, 15) is 4.79 Å². The van der Waals surface area contributed by atoms with Gasteiger partial charge in [-0.2, -0.15) is 0 Å². The normalized spacial score (nSPS) is 11.2. The summed E-state index contributed by atoms with van der Waals surface area (Å²) < 4.78 is 3.67. The molecule has 0 amide bonds. The van der Waals surface area contributed by atoms with Gasteiger partial charge in [-0.3, -0.25) is 4.57 Å². The molecule has 6 heteroatoms. The van der Waals surface area contributed by atoms with Crippen molar-refractivity contribution in [1.82, 2.24) is 24.3 Å². The number of aromatic amines is 1. The smallest absolute Gasteiger partial charge is 0.320 e. The first kappa shape index (κ1) is 14.4. The third-order valence-corrected chi connectivity index (χ3v) is 4.21. The first-order valence-electron chi connectivity index (χ1n) is 7.79. The van der Waals surface area contributed by atoms with E-state index in [4.69, 9.17) is 0 Å². The molecule has 4 aromatic rings. The number of aryl methyl sites for hydroxylation is 1. The first-order chi connectivity index (χ1) is 11.7. The molecule has 24 heavy (non-hydrogen) atoms. The van der Waals surface area contributed by atoms with Crippen molar-refractivity contribution in [2.24, 2.45) is 7.05 Å². The maximum absolute atomic E-state index is 12.1. The van der Waals surface area contributed by atoms with Gasteiger partial charge in [0.2, 0.25) is 0 Å². The van der Waals surface area contributed by atoms with Crippen molar-refractivity contribution >= 4 is 11.0 Å². The highest BCUT2D eigenvalue weighted by molar-refractivity contribution is 5.75. The second-order valence-electron chi connectivity index (χ2n) is 5.88. The molecule has 1 N–H and O–H groups in total. The van der Waals surface area contributed by atoms with Crippen LogP contribution >= 0.6 is 0 Å². The summed E-state index contributed by atoms with van der Waals surface area (Å²) >= 11 is 0. The van der Waals surface area contributed by atoms with Crippen molar-refractivity contribution in [3.63, 3.8) is 0 Å². The summed E-state index contributed by atoms with van der Waals surface area (Å²) in [5.74, 6) is 0.926. The lowest BCUT2D eigenvalue weighted by Gasteiger charge is -2.06. The zero-order chi connectivity index (χ0) is 16.5. The molecule has 2 aromatic carbocycles. The Labute approximate surface area is 138 Å². The zero-order valence-electron chi connectivity index (χ0n) is 13.3. The van der Waals surface area contributed by atoms with Crippen LogP contribution in [0.15, 0.2) is 59.7 Å². The van der Waals surface area contributed by atoms with E-state index in [0.717, 1.165) is 28.8 Å². The molecule has 120 valence electrons. The summed E-state index contributed by atoms with van der Waals surface area (Å²) in [6.07, 6.45) is 2.44. The summed E-state index contributed by atoms with van der Waals surface area (Å²) in [5, 5.41) is 8.00. The van der Waals surface area contributed by atoms with Gasteiger partial charge >= 0.3 is 5.69 Å². The van der Waals surface area contributed by atoms with E-state index < -0.39 is 0 Å². The molecule has 0 unspecified atom stereocenters. The van der Waals surface area contributed by atoms with Gasteiger partial charge in [-0.05, 0) is 23.3 Å². The second-order valence-corrected chi connectivity index (χ2v) is 5.88. The van der Waals surface area contributed by atoms with Gasteiger partial charge in [0.05, 0.1) is 17.6 Å². The third kappa shape index (κ3) is 2.62. The Hall–Kier alpha value is -3.15. The Morgan fingerprint density at radius 1 is 1.04 bits per heavy atom. The fraction of sp³-hybridized carbons (Fsp3) is 0.167. The van der Waals surface area contributed by atoms with Crippen LogP contribution in [0.25, 0.3) is 11.0 Å². The average molecular weight is 319 g/mol. The third-order valence-electron chi connectivity index (χ3n) is 4.21. The zero-order valence-corrected chi connectivity index (χ0v) is 13.3. The summed E-state index contributed by atoms with van der Waals surface area (Å²) in [6.45, 7) is 0.549. The SMILES string of the molecule is Cn1cnnc1Cc1ccc(Cn2c(=O)[nH]c3ccccc32)cc1. The highest BCUT2D eigenvalue weighted by atomic mass is 16.1. The molecule has 0 aliphatic heterocycles. The lowest BCUT2D eigenvalue weighted by Crippen LogP contribution is -2.17. The standard InChI is InChI=1S/C18H17N5O/c1-22-12-19-21-17(22)10-13-6-8-14(9-7-13)11-23-16-5-3-2-4-15(16)20-18(23)24/h2-9,12H,10-11H2,1H3,(H,20,24). The van der Waals surface area contributed by atoms with E-state index in [0.29, 0.717) is 6.54 Å². The Morgan fingerprint density at radius 2 is 1.79 bits per heavy atom. The van der Waals surface area contributed by atoms with Crippen LogP contribution in [0.5, 0.6) is 0 Å². The number of benzene rings is 2. The predicted octanol–water partition coefficient (Wildman–Crippen LogP) is 2.10. The van der Waals surface area contributed by atoms with Crippen molar-refractivity contribution in [2.45, 2.75) is 13.0 Å². The van der Waals surface area contributed by atoms with Gasteiger partial charge in [-0.25, -0.2) is 4.79 Å². The molecule has 0 spiro atoms. The molecule has 0 bridgehead atoms. The Bertz CT molecular complexity index is 1040. The van der Waals surface area contributed by atoms with E-state index in [1.807, 2.05) is 35.9 Å².